The molecule has 0 saturated carbocycles. The Labute approximate surface area is 221 Å². The Kier molecular flexibility index (Phi) is 8.97. The molecule has 11 heteroatoms. The first-order valence-electron chi connectivity index (χ1n) is 12.1. The highest BCUT2D eigenvalue weighted by Gasteiger charge is 2.41. The minimum Gasteiger partial charge on any atom is -0.396 e. The van der Waals surface area contributed by atoms with Crippen LogP contribution in [-0.4, -0.2) is 51.5 Å². The zero-order chi connectivity index (χ0) is 28.5. The molecule has 0 aliphatic carbocycles. The van der Waals surface area contributed by atoms with Crippen molar-refractivity contribution in [2.24, 2.45) is 10.9 Å². The van der Waals surface area contributed by atoms with Gasteiger partial charge in [0, 0.05) is 25.2 Å². The minimum atomic E-state index is -4.68. The highest BCUT2D eigenvalue weighted by molar-refractivity contribution is 8.25. The molecule has 6 nitrogen and oxygen atoms in total. The number of hydrogen-bond acceptors (Lipinski definition) is 6. The summed E-state index contributed by atoms with van der Waals surface area (Å²) in [6.45, 7) is 6.40. The second-order valence-corrected chi connectivity index (χ2v) is 12.9. The van der Waals surface area contributed by atoms with E-state index in [0.29, 0.717) is 0 Å². The van der Waals surface area contributed by atoms with Crippen LogP contribution in [0.1, 0.15) is 43.0 Å². The van der Waals surface area contributed by atoms with Crippen LogP contribution in [0.25, 0.3) is 0 Å². The topological polar surface area (TPSA) is 105 Å². The maximum absolute atomic E-state index is 14.5. The van der Waals surface area contributed by atoms with Crippen LogP contribution in [0.4, 0.5) is 23.2 Å². The van der Waals surface area contributed by atoms with Gasteiger partial charge in [0.15, 0.2) is 11.9 Å². The third-order valence-corrected chi connectivity index (χ3v) is 8.22. The average molecular weight is 559 g/mol. The van der Waals surface area contributed by atoms with Gasteiger partial charge in [0.1, 0.15) is 5.82 Å². The summed E-state index contributed by atoms with van der Waals surface area (Å²) >= 11 is 0. The molecule has 0 spiro atoms. The fourth-order valence-corrected chi connectivity index (χ4v) is 6.12. The molecule has 1 saturated heterocycles. The average Bonchev–Trinajstić information content (AvgIpc) is 2.80. The summed E-state index contributed by atoms with van der Waals surface area (Å²) in [5.41, 5.74) is 7.29. The summed E-state index contributed by atoms with van der Waals surface area (Å²) in [5, 5.41) is 0. The summed E-state index contributed by atoms with van der Waals surface area (Å²) in [6.07, 6.45) is -7.67. The second kappa shape index (κ2) is 11.3. The quantitative estimate of drug-likeness (QED) is 0.287. The van der Waals surface area contributed by atoms with Gasteiger partial charge >= 0.3 is 6.18 Å². The summed E-state index contributed by atoms with van der Waals surface area (Å²) < 4.78 is 79.7. The molecule has 2 atom stereocenters. The first-order chi connectivity index (χ1) is 17.5. The molecule has 2 aromatic rings. The molecular formula is C27H34F4N2O4S. The molecule has 38 heavy (non-hydrogen) atoms. The van der Waals surface area contributed by atoms with Gasteiger partial charge in [-0.1, -0.05) is 51.1 Å². The Morgan fingerprint density at radius 3 is 2.45 bits per heavy atom. The fraction of sp³-hybridized carbons (Fsp3) is 0.481. The zero-order valence-electron chi connectivity index (χ0n) is 21.8. The number of hydrogen-bond donors (Lipinski definition) is 3. The summed E-state index contributed by atoms with van der Waals surface area (Å²) in [7, 11) is -2.28. The van der Waals surface area contributed by atoms with Gasteiger partial charge in [-0.05, 0) is 40.2 Å². The molecule has 0 amide bonds. The molecular weight excluding hydrogens is 524 g/mol. The number of alkyl halides is 3. The summed E-state index contributed by atoms with van der Waals surface area (Å²) in [5.74, 6) is -2.76. The lowest BCUT2D eigenvalue weighted by Crippen LogP contribution is -2.40. The number of anilines is 1. The van der Waals surface area contributed by atoms with Gasteiger partial charge in [-0.2, -0.15) is 23.8 Å². The number of methoxy groups -OCH3 is 1. The van der Waals surface area contributed by atoms with Crippen LogP contribution in [0.15, 0.2) is 41.4 Å². The predicted octanol–water partition coefficient (Wildman–Crippen LogP) is 5.96. The van der Waals surface area contributed by atoms with Gasteiger partial charge in [0.05, 0.1) is 23.7 Å². The van der Waals surface area contributed by atoms with E-state index in [0.717, 1.165) is 24.3 Å². The molecule has 0 radical (unpaired) electrons. The number of carbonyl (C=O) groups excluding carboxylic acids is 1. The number of benzene rings is 2. The van der Waals surface area contributed by atoms with E-state index in [4.69, 9.17) is 5.73 Å². The van der Waals surface area contributed by atoms with E-state index in [1.54, 1.807) is 0 Å². The monoisotopic (exact) mass is 558 g/mol. The number of Topliss-reactive ketones (excluding diaryl/α,β-unsaturated/α-hetero) is 1. The van der Waals surface area contributed by atoms with Crippen LogP contribution < -0.4 is 5.73 Å². The van der Waals surface area contributed by atoms with Crippen molar-refractivity contribution >= 4 is 27.8 Å². The van der Waals surface area contributed by atoms with Crippen LogP contribution in [0.5, 0.6) is 0 Å². The van der Waals surface area contributed by atoms with Crippen LogP contribution in [0, 0.1) is 11.7 Å². The molecule has 2 aromatic carbocycles. The molecule has 1 heterocycles. The van der Waals surface area contributed by atoms with Gasteiger partial charge in [0.2, 0.25) is 0 Å². The predicted molar refractivity (Wildman–Crippen MR) is 142 cm³/mol. The lowest BCUT2D eigenvalue weighted by molar-refractivity contribution is -0.211. The van der Waals surface area contributed by atoms with E-state index in [2.05, 4.69) is 30.5 Å². The maximum atomic E-state index is 14.5. The van der Waals surface area contributed by atoms with Crippen molar-refractivity contribution in [3.63, 3.8) is 0 Å². The molecule has 3 rings (SSSR count). The molecule has 0 aromatic heterocycles. The van der Waals surface area contributed by atoms with Crippen molar-refractivity contribution in [3.8, 4) is 0 Å². The highest BCUT2D eigenvalue weighted by Crippen LogP contribution is 2.45. The largest absolute Gasteiger partial charge is 0.414 e. The van der Waals surface area contributed by atoms with Crippen molar-refractivity contribution in [1.82, 2.24) is 0 Å². The highest BCUT2D eigenvalue weighted by atomic mass is 32.3. The van der Waals surface area contributed by atoms with E-state index in [9.17, 15) is 31.5 Å². The number of nitrogens with zero attached hydrogens (tertiary/aromatic N) is 1. The molecule has 4 N–H and O–H groups in total. The number of nitrogen functional groups attached to an aromatic ring is 1. The molecule has 0 bridgehead atoms. The first kappa shape index (κ1) is 30.1. The molecule has 1 fully saturated rings. The molecule has 0 unspecified atom stereocenters. The summed E-state index contributed by atoms with van der Waals surface area (Å²) in [4.78, 5) is 17.6. The number of ether oxygens (including phenoxy) is 1. The van der Waals surface area contributed by atoms with E-state index < -0.39 is 52.5 Å². The van der Waals surface area contributed by atoms with Crippen LogP contribution in [0.2, 0.25) is 0 Å². The third-order valence-electron chi connectivity index (χ3n) is 6.55. The standard InChI is InChI=1S/C27H34F4N2O4S/c1-26(2,3)20-7-5-6-16(10-20)13-33-22-15-38(35,36)14-19(25(22)34)9-17-8-18(24(32)21(28)11-17)12-23(37-4)27(29,30)31/h5-8,10-11,19,23,35-36H,9,12-15,32H2,1-4H3/t19-,23+/m1/s1. The number of halogens is 4. The van der Waals surface area contributed by atoms with Crippen molar-refractivity contribution < 1.29 is 36.2 Å². The van der Waals surface area contributed by atoms with Gasteiger partial charge < -0.3 is 10.5 Å². The van der Waals surface area contributed by atoms with Gasteiger partial charge in [-0.3, -0.25) is 18.9 Å². The number of aliphatic imine (C=N–C) groups is 1. The van der Waals surface area contributed by atoms with E-state index >= 15 is 0 Å². The number of nitrogens with two attached hydrogens (primary N) is 1. The van der Waals surface area contributed by atoms with Crippen molar-refractivity contribution in [1.29, 1.82) is 0 Å². The Morgan fingerprint density at radius 2 is 1.84 bits per heavy atom. The smallest absolute Gasteiger partial charge is 0.396 e. The summed E-state index contributed by atoms with van der Waals surface area (Å²) in [6, 6.07) is 10.1. The Bertz CT molecular complexity index is 1210. The van der Waals surface area contributed by atoms with Crippen LogP contribution >= 0.6 is 10.6 Å². The van der Waals surface area contributed by atoms with Crippen molar-refractivity contribution in [3.05, 3.63) is 64.5 Å². The Morgan fingerprint density at radius 1 is 1.16 bits per heavy atom. The Hall–Kier alpha value is -2.47. The number of carbonyl (C=O) groups is 1. The molecule has 1 aliphatic heterocycles. The van der Waals surface area contributed by atoms with Crippen LogP contribution in [0.3, 0.4) is 0 Å². The lowest BCUT2D eigenvalue weighted by Gasteiger charge is -2.40. The van der Waals surface area contributed by atoms with Gasteiger partial charge in [-0.25, -0.2) is 4.39 Å². The molecule has 1 aliphatic rings. The van der Waals surface area contributed by atoms with Crippen LogP contribution in [-0.2, 0) is 34.3 Å². The Balaban J connectivity index is 1.85. The number of rotatable bonds is 7. The normalized spacial score (nSPS) is 20.9. The molecule has 210 valence electrons. The van der Waals surface area contributed by atoms with Gasteiger partial charge in [-0.15, -0.1) is 0 Å². The van der Waals surface area contributed by atoms with E-state index in [-0.39, 0.29) is 46.7 Å². The zero-order valence-corrected chi connectivity index (χ0v) is 22.6. The van der Waals surface area contributed by atoms with E-state index in [1.807, 2.05) is 24.3 Å². The third kappa shape index (κ3) is 7.56. The SMILES string of the molecule is CO[C@@H](Cc1cc(C[C@@H]2CS(O)(O)CC(=NCc3cccc(C(C)(C)C)c3)C2=O)cc(F)c1N)C(F)(F)F. The maximum Gasteiger partial charge on any atom is 0.414 e. The fourth-order valence-electron chi connectivity index (χ4n) is 4.42. The van der Waals surface area contributed by atoms with Crippen molar-refractivity contribution in [2.75, 3.05) is 24.3 Å². The van der Waals surface area contributed by atoms with Gasteiger partial charge in [0.25, 0.3) is 0 Å². The lowest BCUT2D eigenvalue weighted by atomic mass is 9.86. The minimum absolute atomic E-state index is 0.0371. The first-order valence-corrected chi connectivity index (χ1v) is 14.0. The second-order valence-electron chi connectivity index (χ2n) is 10.7. The van der Waals surface area contributed by atoms with E-state index in [1.165, 1.54) is 6.07 Å². The van der Waals surface area contributed by atoms with Crippen molar-refractivity contribution in [2.45, 2.75) is 57.9 Å². The number of ketones is 1.